The van der Waals surface area contributed by atoms with Crippen LogP contribution < -0.4 is 0 Å². The van der Waals surface area contributed by atoms with Crippen molar-refractivity contribution in [2.45, 2.75) is 39.7 Å². The minimum atomic E-state index is -0.526. The van der Waals surface area contributed by atoms with Gasteiger partial charge in [0.2, 0.25) is 0 Å². The maximum absolute atomic E-state index is 13.8. The summed E-state index contributed by atoms with van der Waals surface area (Å²) in [6.45, 7) is 6.61. The minimum absolute atomic E-state index is 0.0109. The molecule has 3 aromatic rings. The van der Waals surface area contributed by atoms with Crippen molar-refractivity contribution in [1.82, 2.24) is 14.8 Å². The molecule has 0 radical (unpaired) electrons. The topological polar surface area (TPSA) is 63.7 Å². The third-order valence-corrected chi connectivity index (χ3v) is 4.99. The van der Waals surface area contributed by atoms with Gasteiger partial charge in [-0.05, 0) is 57.5 Å². The molecule has 4 rings (SSSR count). The van der Waals surface area contributed by atoms with E-state index in [9.17, 15) is 9.65 Å². The van der Waals surface area contributed by atoms with Crippen LogP contribution in [0.15, 0.2) is 30.3 Å². The molecule has 5 nitrogen and oxygen atoms in total. The lowest BCUT2D eigenvalue weighted by Crippen LogP contribution is -2.13. The quantitative estimate of drug-likeness (QED) is 0.676. The van der Waals surface area contributed by atoms with Crippen molar-refractivity contribution in [2.24, 2.45) is 0 Å². The van der Waals surface area contributed by atoms with Crippen LogP contribution in [0.4, 0.5) is 4.39 Å². The molecule has 0 unspecified atom stereocenters. The fourth-order valence-corrected chi connectivity index (χ4v) is 3.80. The highest BCUT2D eigenvalue weighted by molar-refractivity contribution is 5.66. The monoisotopic (exact) mass is 376 g/mol. The maximum atomic E-state index is 13.8. The molecule has 142 valence electrons. The number of hydrogen-bond donors (Lipinski definition) is 0. The Balaban J connectivity index is 1.95. The SMILES string of the molecule is Cc1cc(-c2nn(-c3ccc(F)c(C#N)c3)c3c2CCO[C@H](C)C3)cc(C)n1. The number of aromatic nitrogens is 3. The van der Waals surface area contributed by atoms with Gasteiger partial charge in [0.25, 0.3) is 0 Å². The number of rotatable bonds is 2. The van der Waals surface area contributed by atoms with E-state index in [1.165, 1.54) is 6.07 Å². The van der Waals surface area contributed by atoms with Gasteiger partial charge >= 0.3 is 0 Å². The maximum Gasteiger partial charge on any atom is 0.141 e. The molecule has 0 amide bonds. The molecule has 1 aliphatic heterocycles. The zero-order chi connectivity index (χ0) is 19.8. The van der Waals surface area contributed by atoms with Crippen LogP contribution in [-0.4, -0.2) is 27.5 Å². The van der Waals surface area contributed by atoms with Crippen LogP contribution in [0.3, 0.4) is 0 Å². The Morgan fingerprint density at radius 3 is 2.68 bits per heavy atom. The van der Waals surface area contributed by atoms with Gasteiger partial charge < -0.3 is 4.74 Å². The lowest BCUT2D eigenvalue weighted by molar-refractivity contribution is 0.0735. The normalized spacial score (nSPS) is 16.3. The van der Waals surface area contributed by atoms with Gasteiger partial charge in [-0.15, -0.1) is 0 Å². The van der Waals surface area contributed by atoms with E-state index in [0.717, 1.165) is 40.3 Å². The molecule has 2 aromatic heterocycles. The molecular formula is C22H21FN4O. The molecule has 0 N–H and O–H groups in total. The van der Waals surface area contributed by atoms with E-state index in [4.69, 9.17) is 9.84 Å². The van der Waals surface area contributed by atoms with Gasteiger partial charge in [0.05, 0.1) is 35.3 Å². The van der Waals surface area contributed by atoms with E-state index in [1.807, 2.05) is 43.7 Å². The van der Waals surface area contributed by atoms with E-state index in [2.05, 4.69) is 4.98 Å². The van der Waals surface area contributed by atoms with Crippen molar-refractivity contribution in [3.8, 4) is 23.0 Å². The molecule has 0 saturated heterocycles. The van der Waals surface area contributed by atoms with Crippen molar-refractivity contribution in [2.75, 3.05) is 6.61 Å². The van der Waals surface area contributed by atoms with Gasteiger partial charge in [-0.3, -0.25) is 4.98 Å². The Labute approximate surface area is 163 Å². The van der Waals surface area contributed by atoms with E-state index in [-0.39, 0.29) is 11.7 Å². The number of aryl methyl sites for hydroxylation is 2. The van der Waals surface area contributed by atoms with Crippen molar-refractivity contribution < 1.29 is 9.13 Å². The molecule has 0 spiro atoms. The second-order valence-electron chi connectivity index (χ2n) is 7.24. The van der Waals surface area contributed by atoms with Crippen molar-refractivity contribution >= 4 is 0 Å². The fourth-order valence-electron chi connectivity index (χ4n) is 3.80. The fraction of sp³-hybridized carbons (Fsp3) is 0.318. The summed E-state index contributed by atoms with van der Waals surface area (Å²) in [4.78, 5) is 4.46. The second-order valence-corrected chi connectivity index (χ2v) is 7.24. The van der Waals surface area contributed by atoms with E-state index in [0.29, 0.717) is 18.7 Å². The summed E-state index contributed by atoms with van der Waals surface area (Å²) in [5, 5.41) is 14.1. The third kappa shape index (κ3) is 3.30. The number of nitriles is 1. The van der Waals surface area contributed by atoms with Gasteiger partial charge in [-0.2, -0.15) is 10.4 Å². The number of pyridine rings is 1. The Morgan fingerprint density at radius 1 is 1.21 bits per heavy atom. The first-order chi connectivity index (χ1) is 13.5. The molecule has 0 fully saturated rings. The number of hydrogen-bond acceptors (Lipinski definition) is 4. The van der Waals surface area contributed by atoms with E-state index < -0.39 is 5.82 Å². The molecule has 1 atom stereocenters. The predicted molar refractivity (Wildman–Crippen MR) is 104 cm³/mol. The Kier molecular flexibility index (Phi) is 4.70. The predicted octanol–water partition coefficient (Wildman–Crippen LogP) is 4.07. The molecule has 1 aliphatic rings. The summed E-state index contributed by atoms with van der Waals surface area (Å²) >= 11 is 0. The van der Waals surface area contributed by atoms with Crippen LogP contribution in [0.25, 0.3) is 16.9 Å². The van der Waals surface area contributed by atoms with Gasteiger partial charge in [0.1, 0.15) is 11.9 Å². The van der Waals surface area contributed by atoms with Crippen LogP contribution in [0.1, 0.15) is 35.1 Å². The first-order valence-electron chi connectivity index (χ1n) is 9.34. The number of benzene rings is 1. The first kappa shape index (κ1) is 18.3. The molecule has 0 bridgehead atoms. The number of nitrogens with zero attached hydrogens (tertiary/aromatic N) is 4. The Hall–Kier alpha value is -3.04. The summed E-state index contributed by atoms with van der Waals surface area (Å²) in [6.07, 6.45) is 1.51. The largest absolute Gasteiger partial charge is 0.378 e. The van der Waals surface area contributed by atoms with Gasteiger partial charge in [-0.1, -0.05) is 0 Å². The average Bonchev–Trinajstić information content (AvgIpc) is 2.88. The summed E-state index contributed by atoms with van der Waals surface area (Å²) < 4.78 is 21.5. The van der Waals surface area contributed by atoms with Crippen LogP contribution >= 0.6 is 0 Å². The molecule has 0 aliphatic carbocycles. The molecule has 0 saturated carbocycles. The lowest BCUT2D eigenvalue weighted by atomic mass is 10.0. The van der Waals surface area contributed by atoms with Crippen LogP contribution in [-0.2, 0) is 17.6 Å². The number of halogens is 1. The smallest absolute Gasteiger partial charge is 0.141 e. The lowest BCUT2D eigenvalue weighted by Gasteiger charge is -2.11. The highest BCUT2D eigenvalue weighted by atomic mass is 19.1. The van der Waals surface area contributed by atoms with Gasteiger partial charge in [-0.25, -0.2) is 9.07 Å². The zero-order valence-electron chi connectivity index (χ0n) is 16.2. The highest BCUT2D eigenvalue weighted by Crippen LogP contribution is 2.32. The Bertz CT molecular complexity index is 1080. The van der Waals surface area contributed by atoms with Crippen molar-refractivity contribution in [3.05, 3.63) is 64.4 Å². The summed E-state index contributed by atoms with van der Waals surface area (Å²) in [5.74, 6) is -0.526. The third-order valence-electron chi connectivity index (χ3n) is 4.99. The zero-order valence-corrected chi connectivity index (χ0v) is 16.2. The highest BCUT2D eigenvalue weighted by Gasteiger charge is 2.25. The first-order valence-corrected chi connectivity index (χ1v) is 9.34. The van der Waals surface area contributed by atoms with Crippen molar-refractivity contribution in [3.63, 3.8) is 0 Å². The van der Waals surface area contributed by atoms with E-state index >= 15 is 0 Å². The second kappa shape index (κ2) is 7.17. The summed E-state index contributed by atoms with van der Waals surface area (Å²) in [7, 11) is 0. The van der Waals surface area contributed by atoms with Crippen LogP contribution in [0.2, 0.25) is 0 Å². The number of fused-ring (bicyclic) bond motifs is 1. The summed E-state index contributed by atoms with van der Waals surface area (Å²) in [5.41, 5.74) is 6.64. The van der Waals surface area contributed by atoms with Crippen LogP contribution in [0.5, 0.6) is 0 Å². The molecule has 28 heavy (non-hydrogen) atoms. The average molecular weight is 376 g/mol. The molecular weight excluding hydrogens is 355 g/mol. The Morgan fingerprint density at radius 2 is 1.96 bits per heavy atom. The molecule has 6 heteroatoms. The van der Waals surface area contributed by atoms with E-state index in [1.54, 1.807) is 12.1 Å². The van der Waals surface area contributed by atoms with Gasteiger partial charge in [0, 0.05) is 28.9 Å². The standard InChI is InChI=1S/C22H21FN4O/c1-13-8-16(9-14(2)25-13)22-19-6-7-28-15(3)10-21(19)27(26-22)18-4-5-20(23)17(11-18)12-24/h4-5,8-9,11,15H,6-7,10H2,1-3H3/t15-/m1/s1. The summed E-state index contributed by atoms with van der Waals surface area (Å²) in [6, 6.07) is 10.5. The van der Waals surface area contributed by atoms with Crippen LogP contribution in [0, 0.1) is 31.0 Å². The van der Waals surface area contributed by atoms with Gasteiger partial charge in [0.15, 0.2) is 0 Å². The number of ether oxygens (including phenoxy) is 1. The molecule has 1 aromatic carbocycles. The minimum Gasteiger partial charge on any atom is -0.378 e. The molecule has 3 heterocycles. The van der Waals surface area contributed by atoms with Crippen molar-refractivity contribution in [1.29, 1.82) is 5.26 Å².